The Labute approximate surface area is 179 Å². The zero-order valence-corrected chi connectivity index (χ0v) is 17.1. The largest absolute Gasteiger partial charge is 0.386 e. The Bertz CT molecular complexity index is 826. The van der Waals surface area contributed by atoms with E-state index in [1.165, 1.54) is 0 Å². The first-order valence-corrected chi connectivity index (χ1v) is 10.3. The lowest BCUT2D eigenvalue weighted by Crippen LogP contribution is -2.43. The second-order valence-corrected chi connectivity index (χ2v) is 7.55. The van der Waals surface area contributed by atoms with E-state index in [1.807, 2.05) is 17.4 Å². The van der Waals surface area contributed by atoms with Crippen LogP contribution in [-0.2, 0) is 11.3 Å². The van der Waals surface area contributed by atoms with Gasteiger partial charge in [0.1, 0.15) is 12.8 Å². The Morgan fingerprint density at radius 2 is 1.87 bits per heavy atom. The summed E-state index contributed by atoms with van der Waals surface area (Å²) in [7, 11) is 0. The number of halogens is 3. The van der Waals surface area contributed by atoms with Crippen molar-refractivity contribution in [2.75, 3.05) is 32.9 Å². The van der Waals surface area contributed by atoms with Crippen LogP contribution in [-0.4, -0.2) is 66.2 Å². The number of aliphatic hydroxyl groups is 1. The van der Waals surface area contributed by atoms with Crippen molar-refractivity contribution in [1.29, 1.82) is 0 Å². The summed E-state index contributed by atoms with van der Waals surface area (Å²) in [6.45, 7) is 3.67. The van der Waals surface area contributed by atoms with E-state index in [9.17, 15) is 23.1 Å². The minimum absolute atomic E-state index is 0.320. The van der Waals surface area contributed by atoms with Gasteiger partial charge in [0.2, 0.25) is 0 Å². The van der Waals surface area contributed by atoms with Crippen LogP contribution in [0, 0.1) is 0 Å². The van der Waals surface area contributed by atoms with Gasteiger partial charge in [0.05, 0.1) is 11.7 Å². The van der Waals surface area contributed by atoms with E-state index in [-0.39, 0.29) is 0 Å². The standard InChI is InChI=1S/C22H27F3N4O2/c23-12-19(28-22(31)21(24)25)20(30)16-4-2-15(3-5-16)17-6-7-18(27-13-17)14-29-10-1-8-26-9-11-29/h2-7,13,19-21,26,30H,1,8-12,14H2,(H,28,31). The van der Waals surface area contributed by atoms with Crippen LogP contribution in [0.25, 0.3) is 11.1 Å². The highest BCUT2D eigenvalue weighted by Gasteiger charge is 2.26. The van der Waals surface area contributed by atoms with Crippen molar-refractivity contribution in [3.05, 3.63) is 53.9 Å². The van der Waals surface area contributed by atoms with Crippen LogP contribution in [0.5, 0.6) is 0 Å². The van der Waals surface area contributed by atoms with Gasteiger partial charge in [0.25, 0.3) is 5.91 Å². The van der Waals surface area contributed by atoms with Gasteiger partial charge in [0.15, 0.2) is 0 Å². The molecule has 3 N–H and O–H groups in total. The van der Waals surface area contributed by atoms with Crippen LogP contribution in [0.1, 0.15) is 23.8 Å². The normalized spacial score (nSPS) is 17.2. The molecule has 1 aliphatic heterocycles. The quantitative estimate of drug-likeness (QED) is 0.592. The van der Waals surface area contributed by atoms with Crippen LogP contribution in [0.3, 0.4) is 0 Å². The Morgan fingerprint density at radius 3 is 2.52 bits per heavy atom. The van der Waals surface area contributed by atoms with E-state index in [4.69, 9.17) is 0 Å². The number of aliphatic hydroxyl groups excluding tert-OH is 1. The molecular weight excluding hydrogens is 409 g/mol. The molecule has 0 bridgehead atoms. The predicted molar refractivity (Wildman–Crippen MR) is 111 cm³/mol. The van der Waals surface area contributed by atoms with Gasteiger partial charge in [-0.2, -0.15) is 8.78 Å². The zero-order chi connectivity index (χ0) is 22.2. The SMILES string of the molecule is O=C(NC(CF)C(O)c1ccc(-c2ccc(CN3CCCNCC3)nc2)cc1)C(F)F. The minimum Gasteiger partial charge on any atom is -0.386 e. The van der Waals surface area contributed by atoms with Crippen LogP contribution < -0.4 is 10.6 Å². The van der Waals surface area contributed by atoms with E-state index in [0.717, 1.165) is 56.0 Å². The van der Waals surface area contributed by atoms with Gasteiger partial charge >= 0.3 is 6.43 Å². The average molecular weight is 436 g/mol. The molecule has 9 heteroatoms. The van der Waals surface area contributed by atoms with E-state index < -0.39 is 31.2 Å². The minimum atomic E-state index is -3.27. The maximum absolute atomic E-state index is 13.2. The number of rotatable bonds is 8. The molecule has 2 heterocycles. The highest BCUT2D eigenvalue weighted by molar-refractivity contribution is 5.79. The molecule has 0 radical (unpaired) electrons. The highest BCUT2D eigenvalue weighted by atomic mass is 19.3. The summed E-state index contributed by atoms with van der Waals surface area (Å²) in [4.78, 5) is 18.0. The smallest absolute Gasteiger partial charge is 0.315 e. The molecule has 6 nitrogen and oxygen atoms in total. The van der Waals surface area contributed by atoms with Crippen LogP contribution >= 0.6 is 0 Å². The van der Waals surface area contributed by atoms with Gasteiger partial charge < -0.3 is 15.7 Å². The molecule has 0 aliphatic carbocycles. The molecule has 168 valence electrons. The molecule has 0 spiro atoms. The molecule has 2 aromatic rings. The predicted octanol–water partition coefficient (Wildman–Crippen LogP) is 2.30. The molecular formula is C22H27F3N4O2. The Balaban J connectivity index is 1.63. The van der Waals surface area contributed by atoms with Gasteiger partial charge in [-0.05, 0) is 36.7 Å². The summed E-state index contributed by atoms with van der Waals surface area (Å²) in [6.07, 6.45) is -1.81. The third kappa shape index (κ3) is 6.49. The molecule has 1 amide bonds. The zero-order valence-electron chi connectivity index (χ0n) is 17.1. The topological polar surface area (TPSA) is 77.5 Å². The number of hydrogen-bond acceptors (Lipinski definition) is 5. The van der Waals surface area contributed by atoms with Crippen LogP contribution in [0.15, 0.2) is 42.6 Å². The number of carbonyl (C=O) groups excluding carboxylic acids is 1. The van der Waals surface area contributed by atoms with Crippen molar-refractivity contribution in [2.24, 2.45) is 0 Å². The first kappa shape index (κ1) is 23.2. The van der Waals surface area contributed by atoms with Crippen molar-refractivity contribution in [3.63, 3.8) is 0 Å². The molecule has 0 saturated carbocycles. The summed E-state index contributed by atoms with van der Waals surface area (Å²) >= 11 is 0. The lowest BCUT2D eigenvalue weighted by atomic mass is 9.99. The molecule has 2 unspecified atom stereocenters. The van der Waals surface area contributed by atoms with E-state index in [0.29, 0.717) is 5.56 Å². The van der Waals surface area contributed by atoms with Crippen molar-refractivity contribution < 1.29 is 23.1 Å². The van der Waals surface area contributed by atoms with E-state index in [1.54, 1.807) is 30.5 Å². The molecule has 1 saturated heterocycles. The molecule has 31 heavy (non-hydrogen) atoms. The fraction of sp³-hybridized carbons (Fsp3) is 0.455. The summed E-state index contributed by atoms with van der Waals surface area (Å²) in [5, 5.41) is 15.5. The first-order chi connectivity index (χ1) is 15.0. The number of pyridine rings is 1. The third-order valence-corrected chi connectivity index (χ3v) is 5.30. The lowest BCUT2D eigenvalue weighted by molar-refractivity contribution is -0.133. The molecule has 2 atom stereocenters. The lowest BCUT2D eigenvalue weighted by Gasteiger charge is -2.22. The molecule has 1 aromatic carbocycles. The summed E-state index contributed by atoms with van der Waals surface area (Å²) in [6, 6.07) is 9.14. The van der Waals surface area contributed by atoms with Gasteiger partial charge in [0, 0.05) is 31.4 Å². The third-order valence-electron chi connectivity index (χ3n) is 5.30. The fourth-order valence-corrected chi connectivity index (χ4v) is 3.53. The molecule has 1 aliphatic rings. The second-order valence-electron chi connectivity index (χ2n) is 7.55. The maximum Gasteiger partial charge on any atom is 0.315 e. The number of alkyl halides is 3. The molecule has 1 aromatic heterocycles. The summed E-state index contributed by atoms with van der Waals surface area (Å²) in [5.41, 5.74) is 3.04. The fourth-order valence-electron chi connectivity index (χ4n) is 3.53. The van der Waals surface area contributed by atoms with Crippen molar-refractivity contribution >= 4 is 5.91 Å². The van der Waals surface area contributed by atoms with Crippen LogP contribution in [0.4, 0.5) is 13.2 Å². The highest BCUT2D eigenvalue weighted by Crippen LogP contribution is 2.24. The number of aromatic nitrogens is 1. The van der Waals surface area contributed by atoms with E-state index in [2.05, 4.69) is 15.2 Å². The number of hydrogen-bond donors (Lipinski definition) is 3. The van der Waals surface area contributed by atoms with Gasteiger partial charge in [-0.1, -0.05) is 30.3 Å². The number of nitrogens with one attached hydrogen (secondary N) is 2. The second kappa shape index (κ2) is 11.2. The Hall–Kier alpha value is -2.49. The summed E-state index contributed by atoms with van der Waals surface area (Å²) in [5.74, 6) is -1.61. The molecule has 1 fully saturated rings. The number of nitrogens with zero attached hydrogens (tertiary/aromatic N) is 2. The van der Waals surface area contributed by atoms with E-state index >= 15 is 0 Å². The maximum atomic E-state index is 13.2. The first-order valence-electron chi connectivity index (χ1n) is 10.3. The Morgan fingerprint density at radius 1 is 1.13 bits per heavy atom. The number of benzene rings is 1. The number of amides is 1. The van der Waals surface area contributed by atoms with Gasteiger partial charge in [-0.15, -0.1) is 0 Å². The van der Waals surface area contributed by atoms with Gasteiger partial charge in [-0.3, -0.25) is 14.7 Å². The van der Waals surface area contributed by atoms with Crippen molar-refractivity contribution in [2.45, 2.75) is 31.5 Å². The summed E-state index contributed by atoms with van der Waals surface area (Å²) < 4.78 is 37.9. The van der Waals surface area contributed by atoms with Crippen molar-refractivity contribution in [1.82, 2.24) is 20.5 Å². The van der Waals surface area contributed by atoms with Gasteiger partial charge in [-0.25, -0.2) is 4.39 Å². The molecule has 3 rings (SSSR count). The number of carbonyl (C=O) groups is 1. The van der Waals surface area contributed by atoms with Crippen LogP contribution in [0.2, 0.25) is 0 Å². The monoisotopic (exact) mass is 436 g/mol. The Kier molecular flexibility index (Phi) is 8.39. The average Bonchev–Trinajstić information content (AvgIpc) is 3.06. The van der Waals surface area contributed by atoms with Crippen molar-refractivity contribution in [3.8, 4) is 11.1 Å².